The Kier molecular flexibility index (Phi) is 11.7. The number of β-amino-alcohol motifs (C(OH)–C–C–N with tert-alkyl or cyclic N) is 1. The molecule has 1 amide bonds. The monoisotopic (exact) mass is 446 g/mol. The predicted molar refractivity (Wildman–Crippen MR) is 90.6 cm³/mol. The molecule has 0 bridgehead atoms. The van der Waals surface area contributed by atoms with E-state index in [1.54, 1.807) is 0 Å². The van der Waals surface area contributed by atoms with E-state index in [9.17, 15) is 37.9 Å². The summed E-state index contributed by atoms with van der Waals surface area (Å²) in [4.78, 5) is 21.0. The van der Waals surface area contributed by atoms with Gasteiger partial charge in [0.2, 0.25) is 16.3 Å². The molecule has 15 heteroatoms. The molecule has 2 aliphatic rings. The van der Waals surface area contributed by atoms with Gasteiger partial charge in [0.1, 0.15) is 18.3 Å². The molecule has 2 saturated heterocycles. The third kappa shape index (κ3) is 10.2. The molecule has 2 heterocycles. The fourth-order valence-corrected chi connectivity index (χ4v) is 2.97. The van der Waals surface area contributed by atoms with E-state index in [0.717, 1.165) is 0 Å². The Balaban J connectivity index is 0.000000606. The first-order chi connectivity index (χ1) is 12.9. The van der Waals surface area contributed by atoms with Crippen molar-refractivity contribution in [2.75, 3.05) is 26.3 Å². The summed E-state index contributed by atoms with van der Waals surface area (Å²) in [6.45, 7) is 1.31. The lowest BCUT2D eigenvalue weighted by molar-refractivity contribution is -0.312. The minimum absolute atomic E-state index is 0. The van der Waals surface area contributed by atoms with E-state index < -0.39 is 65.3 Å². The van der Waals surface area contributed by atoms with Crippen molar-refractivity contribution in [3.63, 3.8) is 0 Å². The van der Waals surface area contributed by atoms with E-state index in [4.69, 9.17) is 9.84 Å². The van der Waals surface area contributed by atoms with Crippen molar-refractivity contribution >= 4 is 22.3 Å². The Labute approximate surface area is 167 Å². The molecule has 0 aliphatic carbocycles. The second kappa shape index (κ2) is 12.3. The normalized spacial score (nSPS) is 32.2. The largest absolute Gasteiger partial charge is 0.726 e. The molecule has 172 valence electrons. The van der Waals surface area contributed by atoms with Crippen LogP contribution in [-0.4, -0.2) is 102 Å². The maximum Gasteiger partial charge on any atom is 0.217 e. The quantitative estimate of drug-likeness (QED) is 0.195. The van der Waals surface area contributed by atoms with Gasteiger partial charge in [-0.05, 0) is 6.42 Å². The number of rotatable bonds is 5. The maximum atomic E-state index is 10.8. The number of carbonyl (C=O) groups excluding carboxylic acids is 2. The molecular weight excluding hydrogens is 420 g/mol. The van der Waals surface area contributed by atoms with E-state index >= 15 is 0 Å². The van der Waals surface area contributed by atoms with Crippen LogP contribution in [0.15, 0.2) is 0 Å². The fraction of sp³-hybridized carbons (Fsp3) is 0.857. The van der Waals surface area contributed by atoms with E-state index in [2.05, 4.69) is 14.8 Å². The first kappa shape index (κ1) is 27.6. The van der Waals surface area contributed by atoms with Crippen LogP contribution in [0.3, 0.4) is 0 Å². The highest BCUT2D eigenvalue weighted by Gasteiger charge is 2.39. The molecule has 2 fully saturated rings. The molecule has 7 N–H and O–H groups in total. The number of piperidine rings is 1. The first-order valence-corrected chi connectivity index (χ1v) is 9.68. The van der Waals surface area contributed by atoms with Crippen molar-refractivity contribution in [1.29, 1.82) is 0 Å². The van der Waals surface area contributed by atoms with Gasteiger partial charge in [0.05, 0.1) is 25.4 Å². The molecule has 2 rings (SSSR count). The van der Waals surface area contributed by atoms with Crippen molar-refractivity contribution < 1.29 is 57.4 Å². The van der Waals surface area contributed by atoms with Gasteiger partial charge in [0, 0.05) is 31.9 Å². The highest BCUT2D eigenvalue weighted by molar-refractivity contribution is 7.80. The molecule has 0 saturated carbocycles. The number of aliphatic carboxylic acids is 1. The summed E-state index contributed by atoms with van der Waals surface area (Å²) in [6.07, 6.45) is -4.19. The summed E-state index contributed by atoms with van der Waals surface area (Å²) in [5.74, 6) is -2.01. The van der Waals surface area contributed by atoms with E-state index in [1.807, 2.05) is 0 Å². The van der Waals surface area contributed by atoms with Crippen LogP contribution >= 0.6 is 0 Å². The molecule has 2 aliphatic heterocycles. The summed E-state index contributed by atoms with van der Waals surface area (Å²) in [5.41, 5.74) is 0. The van der Waals surface area contributed by atoms with Crippen LogP contribution in [0.4, 0.5) is 0 Å². The van der Waals surface area contributed by atoms with Gasteiger partial charge in [-0.2, -0.15) is 0 Å². The molecule has 0 spiro atoms. The minimum atomic E-state index is -4.89. The number of carboxylic acid groups (broad SMARTS) is 1. The molecule has 0 aromatic carbocycles. The number of ether oxygens (including phenoxy) is 1. The summed E-state index contributed by atoms with van der Waals surface area (Å²) in [6, 6.07) is -0.808. The van der Waals surface area contributed by atoms with Crippen LogP contribution in [0, 0.1) is 5.92 Å². The number of hydrogen-bond acceptors (Lipinski definition) is 12. The lowest BCUT2D eigenvalue weighted by atomic mass is 9.98. The molecule has 0 aromatic rings. The SMILES string of the molecule is CC(=O)NC1COC(COS(=O)(=O)[O-])[C@@H](O)[C@H]1O.O.O=C([O-])C1CNC[C@H](O)C1. The molecule has 3 unspecified atom stereocenters. The van der Waals surface area contributed by atoms with Crippen LogP contribution in [-0.2, 0) is 28.9 Å². The highest BCUT2D eigenvalue weighted by atomic mass is 32.3. The zero-order valence-electron chi connectivity index (χ0n) is 15.5. The molecule has 0 aromatic heterocycles. The Hall–Kier alpha value is -1.43. The van der Waals surface area contributed by atoms with Crippen LogP contribution < -0.4 is 15.7 Å². The van der Waals surface area contributed by atoms with Crippen LogP contribution in [0.2, 0.25) is 0 Å². The molecule has 14 nitrogen and oxygen atoms in total. The topological polar surface area (TPSA) is 249 Å². The van der Waals surface area contributed by atoms with Crippen molar-refractivity contribution in [3.8, 4) is 0 Å². The summed E-state index contributed by atoms with van der Waals surface area (Å²) >= 11 is 0. The van der Waals surface area contributed by atoms with Crippen LogP contribution in [0.25, 0.3) is 0 Å². The third-order valence-electron chi connectivity index (χ3n) is 4.06. The van der Waals surface area contributed by atoms with E-state index in [1.165, 1.54) is 6.92 Å². The Bertz CT molecular complexity index is 630. The van der Waals surface area contributed by atoms with Crippen molar-refractivity contribution in [2.24, 2.45) is 5.92 Å². The third-order valence-corrected chi connectivity index (χ3v) is 4.48. The molecule has 29 heavy (non-hydrogen) atoms. The lowest BCUT2D eigenvalue weighted by Crippen LogP contribution is -2.59. The van der Waals surface area contributed by atoms with Gasteiger partial charge < -0.3 is 50.6 Å². The standard InChI is InChI=1S/C8H15NO8S.C6H11NO3.H2O/c1-4(10)9-5-2-16-6(8(12)7(5)11)3-17-18(13,14)15;8-5-1-4(6(9)10)2-7-3-5;/h5-8,11-12H,2-3H2,1H3,(H,9,10)(H,13,14,15);4-5,7-8H,1-3H2,(H,9,10);1H2/p-2/t5?,6?,7-,8+;4?,5-;/m01./s1. The van der Waals surface area contributed by atoms with Gasteiger partial charge in [0.25, 0.3) is 0 Å². The zero-order chi connectivity index (χ0) is 21.5. The number of amides is 1. The van der Waals surface area contributed by atoms with Crippen molar-refractivity contribution in [2.45, 2.75) is 43.8 Å². The van der Waals surface area contributed by atoms with E-state index in [-0.39, 0.29) is 12.1 Å². The van der Waals surface area contributed by atoms with Crippen molar-refractivity contribution in [3.05, 3.63) is 0 Å². The van der Waals surface area contributed by atoms with Crippen LogP contribution in [0.1, 0.15) is 13.3 Å². The van der Waals surface area contributed by atoms with Gasteiger partial charge in [-0.3, -0.25) is 8.98 Å². The number of nitrogens with one attached hydrogen (secondary N) is 2. The number of hydrogen-bond donors (Lipinski definition) is 5. The zero-order valence-corrected chi connectivity index (χ0v) is 16.3. The summed E-state index contributed by atoms with van der Waals surface area (Å²) in [7, 11) is -4.89. The first-order valence-electron chi connectivity index (χ1n) is 8.35. The lowest BCUT2D eigenvalue weighted by Gasteiger charge is -2.37. The average molecular weight is 446 g/mol. The van der Waals surface area contributed by atoms with Gasteiger partial charge in [-0.25, -0.2) is 8.42 Å². The maximum absolute atomic E-state index is 10.8. The van der Waals surface area contributed by atoms with Crippen molar-refractivity contribution in [1.82, 2.24) is 10.6 Å². The molecule has 6 atom stereocenters. The Morgan fingerprint density at radius 3 is 2.31 bits per heavy atom. The van der Waals surface area contributed by atoms with Crippen LogP contribution in [0.5, 0.6) is 0 Å². The summed E-state index contributed by atoms with van der Waals surface area (Å²) in [5, 5.41) is 43.6. The predicted octanol–water partition coefficient (Wildman–Crippen LogP) is -6.03. The Morgan fingerprint density at radius 1 is 1.24 bits per heavy atom. The van der Waals surface area contributed by atoms with Gasteiger partial charge >= 0.3 is 0 Å². The number of carboxylic acids is 1. The van der Waals surface area contributed by atoms with Gasteiger partial charge in [-0.15, -0.1) is 0 Å². The number of aliphatic hydroxyl groups is 3. The van der Waals surface area contributed by atoms with Gasteiger partial charge in [-0.1, -0.05) is 0 Å². The fourth-order valence-electron chi connectivity index (χ4n) is 2.67. The summed E-state index contributed by atoms with van der Waals surface area (Å²) < 4.78 is 39.7. The second-order valence-electron chi connectivity index (χ2n) is 6.42. The van der Waals surface area contributed by atoms with E-state index in [0.29, 0.717) is 19.5 Å². The second-order valence-corrected chi connectivity index (χ2v) is 7.47. The minimum Gasteiger partial charge on any atom is -0.726 e. The smallest absolute Gasteiger partial charge is 0.217 e. The number of aliphatic hydroxyl groups excluding tert-OH is 3. The van der Waals surface area contributed by atoms with Gasteiger partial charge in [0.15, 0.2) is 0 Å². The Morgan fingerprint density at radius 2 is 1.86 bits per heavy atom. The molecule has 0 radical (unpaired) electrons. The number of carbonyl (C=O) groups is 2. The highest BCUT2D eigenvalue weighted by Crippen LogP contribution is 2.16. The molecular formula is C14H26N2O12S-2. The average Bonchev–Trinajstić information content (AvgIpc) is 2.58.